The number of anilines is 1. The molecule has 0 aliphatic carbocycles. The lowest BCUT2D eigenvalue weighted by atomic mass is 9.99. The number of urea groups is 1. The smallest absolute Gasteiger partial charge is 0.321 e. The van der Waals surface area contributed by atoms with Crippen molar-refractivity contribution in [2.45, 2.75) is 12.8 Å². The van der Waals surface area contributed by atoms with Gasteiger partial charge in [0.05, 0.1) is 16.1 Å². The molecular formula is C13H13BrF2N2O3. The molecule has 1 aliphatic heterocycles. The van der Waals surface area contributed by atoms with Crippen LogP contribution in [-0.2, 0) is 4.79 Å². The van der Waals surface area contributed by atoms with E-state index in [9.17, 15) is 18.4 Å². The molecule has 0 bridgehead atoms. The average Bonchev–Trinajstić information content (AvgIpc) is 2.44. The van der Waals surface area contributed by atoms with E-state index in [1.807, 2.05) is 0 Å². The number of carbonyl (C=O) groups excluding carboxylic acids is 1. The zero-order valence-electron chi connectivity index (χ0n) is 10.9. The third-order valence-electron chi connectivity index (χ3n) is 3.31. The number of benzene rings is 1. The summed E-state index contributed by atoms with van der Waals surface area (Å²) in [5.74, 6) is -3.23. The van der Waals surface area contributed by atoms with E-state index in [-0.39, 0.29) is 16.7 Å². The van der Waals surface area contributed by atoms with Gasteiger partial charge in [-0.1, -0.05) is 0 Å². The van der Waals surface area contributed by atoms with Crippen LogP contribution in [0.1, 0.15) is 12.8 Å². The molecule has 114 valence electrons. The van der Waals surface area contributed by atoms with Gasteiger partial charge in [0.2, 0.25) is 0 Å². The topological polar surface area (TPSA) is 69.6 Å². The largest absolute Gasteiger partial charge is 0.481 e. The number of hydrogen-bond donors (Lipinski definition) is 2. The Morgan fingerprint density at radius 3 is 2.71 bits per heavy atom. The third-order valence-corrected chi connectivity index (χ3v) is 3.92. The van der Waals surface area contributed by atoms with Crippen LogP contribution in [0, 0.1) is 17.6 Å². The number of nitrogens with one attached hydrogen (secondary N) is 1. The molecule has 1 aliphatic rings. The first kappa shape index (κ1) is 15.7. The zero-order valence-corrected chi connectivity index (χ0v) is 12.5. The summed E-state index contributed by atoms with van der Waals surface area (Å²) in [6.45, 7) is 0.477. The molecule has 2 rings (SSSR count). The number of carboxylic acid groups (broad SMARTS) is 1. The first-order valence-electron chi connectivity index (χ1n) is 6.31. The maximum atomic E-state index is 13.6. The van der Waals surface area contributed by atoms with E-state index in [4.69, 9.17) is 5.11 Å². The lowest BCUT2D eigenvalue weighted by Gasteiger charge is -2.30. The quantitative estimate of drug-likeness (QED) is 0.794. The minimum Gasteiger partial charge on any atom is -0.481 e. The van der Waals surface area contributed by atoms with E-state index < -0.39 is 29.6 Å². The fourth-order valence-corrected chi connectivity index (χ4v) is 2.52. The lowest BCUT2D eigenvalue weighted by molar-refractivity contribution is -0.143. The number of carboxylic acids is 1. The van der Waals surface area contributed by atoms with E-state index in [2.05, 4.69) is 21.2 Å². The van der Waals surface area contributed by atoms with Gasteiger partial charge in [0.25, 0.3) is 0 Å². The second-order valence-corrected chi connectivity index (χ2v) is 5.65. The summed E-state index contributed by atoms with van der Waals surface area (Å²) in [5, 5.41) is 11.3. The predicted molar refractivity (Wildman–Crippen MR) is 75.0 cm³/mol. The van der Waals surface area contributed by atoms with Crippen LogP contribution in [0.4, 0.5) is 19.3 Å². The van der Waals surface area contributed by atoms with Crippen molar-refractivity contribution in [2.75, 3.05) is 18.4 Å². The molecule has 2 N–H and O–H groups in total. The monoisotopic (exact) mass is 362 g/mol. The van der Waals surface area contributed by atoms with Crippen LogP contribution >= 0.6 is 15.9 Å². The predicted octanol–water partition coefficient (Wildman–Crippen LogP) is 3.06. The van der Waals surface area contributed by atoms with Crippen LogP contribution in [-0.4, -0.2) is 35.1 Å². The number of hydrogen-bond acceptors (Lipinski definition) is 2. The van der Waals surface area contributed by atoms with Crippen LogP contribution in [0.3, 0.4) is 0 Å². The third kappa shape index (κ3) is 3.69. The van der Waals surface area contributed by atoms with Gasteiger partial charge in [-0.2, -0.15) is 0 Å². The van der Waals surface area contributed by atoms with Crippen LogP contribution in [0.5, 0.6) is 0 Å². The molecule has 1 aromatic carbocycles. The number of carbonyl (C=O) groups is 2. The molecule has 0 radical (unpaired) electrons. The second kappa shape index (κ2) is 6.38. The van der Waals surface area contributed by atoms with Gasteiger partial charge in [0.1, 0.15) is 11.6 Å². The molecule has 0 unspecified atom stereocenters. The maximum Gasteiger partial charge on any atom is 0.321 e. The molecule has 2 amide bonds. The summed E-state index contributed by atoms with van der Waals surface area (Å²) in [7, 11) is 0. The molecule has 5 nitrogen and oxygen atoms in total. The number of amides is 2. The van der Waals surface area contributed by atoms with Crippen molar-refractivity contribution in [1.82, 2.24) is 4.90 Å². The maximum absolute atomic E-state index is 13.6. The van der Waals surface area contributed by atoms with Gasteiger partial charge in [-0.25, -0.2) is 13.6 Å². The molecule has 8 heteroatoms. The normalized spacial score (nSPS) is 18.4. The van der Waals surface area contributed by atoms with Gasteiger partial charge in [0, 0.05) is 19.2 Å². The number of halogens is 3. The summed E-state index contributed by atoms with van der Waals surface area (Å²) < 4.78 is 26.7. The van der Waals surface area contributed by atoms with Crippen LogP contribution < -0.4 is 5.32 Å². The minimum absolute atomic E-state index is 0.0289. The number of piperidine rings is 1. The Morgan fingerprint density at radius 2 is 2.05 bits per heavy atom. The molecule has 1 aromatic rings. The highest BCUT2D eigenvalue weighted by Gasteiger charge is 2.28. The van der Waals surface area contributed by atoms with Gasteiger partial charge in [-0.05, 0) is 34.8 Å². The van der Waals surface area contributed by atoms with Crippen molar-refractivity contribution in [3.05, 3.63) is 28.2 Å². The van der Waals surface area contributed by atoms with Crippen LogP contribution in [0.2, 0.25) is 0 Å². The van der Waals surface area contributed by atoms with Crippen molar-refractivity contribution < 1.29 is 23.5 Å². The zero-order chi connectivity index (χ0) is 15.6. The summed E-state index contributed by atoms with van der Waals surface area (Å²) in [4.78, 5) is 24.3. The Morgan fingerprint density at radius 1 is 1.33 bits per heavy atom. The summed E-state index contributed by atoms with van der Waals surface area (Å²) in [6, 6.07) is 1.19. The van der Waals surface area contributed by atoms with Gasteiger partial charge < -0.3 is 15.3 Å². The molecule has 1 fully saturated rings. The minimum atomic E-state index is -0.955. The highest BCUT2D eigenvalue weighted by Crippen LogP contribution is 2.24. The Balaban J connectivity index is 2.07. The molecule has 1 saturated heterocycles. The fourth-order valence-electron chi connectivity index (χ4n) is 2.18. The Bertz CT molecular complexity index is 583. The molecule has 0 spiro atoms. The Labute approximate surface area is 128 Å². The van der Waals surface area contributed by atoms with Crippen molar-refractivity contribution >= 4 is 33.6 Å². The number of nitrogens with zero attached hydrogens (tertiary/aromatic N) is 1. The fraction of sp³-hybridized carbons (Fsp3) is 0.385. The summed E-state index contributed by atoms with van der Waals surface area (Å²) >= 11 is 2.91. The molecule has 21 heavy (non-hydrogen) atoms. The molecular weight excluding hydrogens is 350 g/mol. The Hall–Kier alpha value is -1.70. The SMILES string of the molecule is O=C(O)[C@@H]1CCCN(C(=O)Nc2cc(Br)c(F)cc2F)C1. The molecule has 0 aromatic heterocycles. The first-order chi connectivity index (χ1) is 9.88. The van der Waals surface area contributed by atoms with Crippen molar-refractivity contribution in [2.24, 2.45) is 5.92 Å². The number of aliphatic carboxylic acids is 1. The van der Waals surface area contributed by atoms with Gasteiger partial charge in [-0.15, -0.1) is 0 Å². The highest BCUT2D eigenvalue weighted by molar-refractivity contribution is 9.10. The second-order valence-electron chi connectivity index (χ2n) is 4.80. The average molecular weight is 363 g/mol. The molecule has 0 saturated carbocycles. The summed E-state index contributed by atoms with van der Waals surface area (Å²) in [5.41, 5.74) is -0.161. The van der Waals surface area contributed by atoms with E-state index in [1.54, 1.807) is 0 Å². The number of rotatable bonds is 2. The van der Waals surface area contributed by atoms with E-state index in [1.165, 1.54) is 4.90 Å². The Kier molecular flexibility index (Phi) is 4.76. The highest BCUT2D eigenvalue weighted by atomic mass is 79.9. The standard InChI is InChI=1S/C13H13BrF2N2O3/c14-8-4-11(10(16)5-9(8)15)17-13(21)18-3-1-2-7(6-18)12(19)20/h4-5,7H,1-3,6H2,(H,17,21)(H,19,20)/t7-/m1/s1. The van der Waals surface area contributed by atoms with Crippen molar-refractivity contribution in [3.8, 4) is 0 Å². The molecule has 1 atom stereocenters. The van der Waals surface area contributed by atoms with Crippen molar-refractivity contribution in [1.29, 1.82) is 0 Å². The first-order valence-corrected chi connectivity index (χ1v) is 7.11. The number of likely N-dealkylation sites (tertiary alicyclic amines) is 1. The van der Waals surface area contributed by atoms with E-state index >= 15 is 0 Å². The van der Waals surface area contributed by atoms with Crippen molar-refractivity contribution in [3.63, 3.8) is 0 Å². The molecule has 1 heterocycles. The van der Waals surface area contributed by atoms with Crippen LogP contribution in [0.15, 0.2) is 16.6 Å². The van der Waals surface area contributed by atoms with Gasteiger partial charge in [-0.3, -0.25) is 4.79 Å². The van der Waals surface area contributed by atoms with E-state index in [0.29, 0.717) is 25.5 Å². The summed E-state index contributed by atoms with van der Waals surface area (Å²) in [6.07, 6.45) is 1.08. The van der Waals surface area contributed by atoms with Gasteiger partial charge >= 0.3 is 12.0 Å². The lowest BCUT2D eigenvalue weighted by Crippen LogP contribution is -2.44. The van der Waals surface area contributed by atoms with Crippen LogP contribution in [0.25, 0.3) is 0 Å². The van der Waals surface area contributed by atoms with E-state index in [0.717, 1.165) is 6.07 Å². The van der Waals surface area contributed by atoms with Gasteiger partial charge in [0.15, 0.2) is 0 Å².